The Labute approximate surface area is 232 Å². The van der Waals surface area contributed by atoms with Gasteiger partial charge in [0.15, 0.2) is 0 Å². The average Bonchev–Trinajstić information content (AvgIpc) is 3.28. The summed E-state index contributed by atoms with van der Waals surface area (Å²) in [6.07, 6.45) is -21.4. The van der Waals surface area contributed by atoms with Crippen molar-refractivity contribution in [2.75, 3.05) is 0 Å². The molecule has 0 bridgehead atoms. The maximum Gasteiger partial charge on any atom is 0.416 e. The van der Waals surface area contributed by atoms with Gasteiger partial charge in [0.05, 0.1) is 55.2 Å². The van der Waals surface area contributed by atoms with Crippen LogP contribution in [0.15, 0.2) is 67.7 Å². The van der Waals surface area contributed by atoms with Crippen LogP contribution >= 0.6 is 0 Å². The number of hydrogen-bond donors (Lipinski definition) is 0. The van der Waals surface area contributed by atoms with Crippen molar-refractivity contribution in [3.63, 3.8) is 0 Å². The van der Waals surface area contributed by atoms with Gasteiger partial charge in [-0.05, 0) is 48.5 Å². The van der Waals surface area contributed by atoms with E-state index in [0.29, 0.717) is 12.1 Å². The monoisotopic (exact) mass is 640 g/mol. The highest BCUT2D eigenvalue weighted by atomic mass is 19.4. The van der Waals surface area contributed by atoms with Crippen LogP contribution < -0.4 is 22.2 Å². The van der Waals surface area contributed by atoms with Crippen molar-refractivity contribution in [3.8, 4) is 11.4 Å². The molecule has 0 aliphatic carbocycles. The summed E-state index contributed by atoms with van der Waals surface area (Å²) >= 11 is 0. The van der Waals surface area contributed by atoms with Crippen LogP contribution in [0.5, 0.6) is 0 Å². The first-order valence-corrected chi connectivity index (χ1v) is 11.5. The molecule has 6 nitrogen and oxygen atoms in total. The molecule has 230 valence electrons. The second-order valence-electron chi connectivity index (χ2n) is 9.36. The Morgan fingerprint density at radius 2 is 0.545 bits per heavy atom. The van der Waals surface area contributed by atoms with Crippen molar-refractivity contribution in [1.82, 2.24) is 9.13 Å². The van der Waals surface area contributed by atoms with Crippen LogP contribution in [0.1, 0.15) is 22.3 Å². The highest BCUT2D eigenvalue weighted by Crippen LogP contribution is 2.38. The van der Waals surface area contributed by atoms with Gasteiger partial charge >= 0.3 is 24.7 Å². The van der Waals surface area contributed by atoms with E-state index < -0.39 is 102 Å². The van der Waals surface area contributed by atoms with Crippen LogP contribution in [0.2, 0.25) is 0 Å². The summed E-state index contributed by atoms with van der Waals surface area (Å²) < 4.78 is 160. The highest BCUT2D eigenvalue weighted by molar-refractivity contribution is 5.98. The van der Waals surface area contributed by atoms with Gasteiger partial charge in [-0.3, -0.25) is 19.2 Å². The van der Waals surface area contributed by atoms with Gasteiger partial charge in [0, 0.05) is 0 Å². The zero-order valence-electron chi connectivity index (χ0n) is 20.7. The Morgan fingerprint density at radius 3 is 0.727 bits per heavy atom. The summed E-state index contributed by atoms with van der Waals surface area (Å²) in [6.45, 7) is 0. The fourth-order valence-corrected chi connectivity index (χ4v) is 4.58. The van der Waals surface area contributed by atoms with E-state index in [1.54, 1.807) is 0 Å². The average molecular weight is 640 g/mol. The van der Waals surface area contributed by atoms with Gasteiger partial charge in [0.2, 0.25) is 0 Å². The van der Waals surface area contributed by atoms with E-state index in [1.165, 1.54) is 0 Å². The molecule has 44 heavy (non-hydrogen) atoms. The summed E-state index contributed by atoms with van der Waals surface area (Å²) in [5.41, 5.74) is -15.9. The van der Waals surface area contributed by atoms with Gasteiger partial charge in [0.25, 0.3) is 22.2 Å². The highest BCUT2D eigenvalue weighted by Gasteiger charge is 2.39. The first-order valence-electron chi connectivity index (χ1n) is 11.5. The summed E-state index contributed by atoms with van der Waals surface area (Å²) in [4.78, 5) is 52.2. The quantitative estimate of drug-likeness (QED) is 0.223. The molecule has 18 heteroatoms. The van der Waals surface area contributed by atoms with Crippen molar-refractivity contribution >= 4 is 21.5 Å². The van der Waals surface area contributed by atoms with Crippen molar-refractivity contribution in [2.45, 2.75) is 24.7 Å². The van der Waals surface area contributed by atoms with Crippen molar-refractivity contribution in [3.05, 3.63) is 112 Å². The van der Waals surface area contributed by atoms with Crippen LogP contribution in [0.25, 0.3) is 32.9 Å². The maximum atomic E-state index is 13.3. The van der Waals surface area contributed by atoms with E-state index in [2.05, 4.69) is 0 Å². The Hall–Kier alpha value is -4.90. The molecule has 0 radical (unpaired) electrons. The van der Waals surface area contributed by atoms with Crippen LogP contribution in [0.4, 0.5) is 52.7 Å². The minimum Gasteiger partial charge on any atom is -0.268 e. The first kappa shape index (κ1) is 30.6. The van der Waals surface area contributed by atoms with Crippen molar-refractivity contribution in [2.24, 2.45) is 0 Å². The van der Waals surface area contributed by atoms with E-state index in [4.69, 9.17) is 0 Å². The Bertz CT molecular complexity index is 1910. The second-order valence-corrected chi connectivity index (χ2v) is 9.36. The largest absolute Gasteiger partial charge is 0.416 e. The summed E-state index contributed by atoms with van der Waals surface area (Å²) in [7, 11) is 0. The zero-order chi connectivity index (χ0) is 32.9. The molecule has 0 amide bonds. The molecule has 0 unspecified atom stereocenters. The third-order valence-electron chi connectivity index (χ3n) is 6.55. The number of nitrogens with zero attached hydrogens (tertiary/aromatic N) is 2. The molecule has 0 aliphatic rings. The third kappa shape index (κ3) is 4.92. The number of aromatic nitrogens is 2. The Balaban J connectivity index is 1.80. The maximum absolute atomic E-state index is 13.3. The summed E-state index contributed by atoms with van der Waals surface area (Å²) in [6, 6.07) is 0.871. The summed E-state index contributed by atoms with van der Waals surface area (Å²) in [5.74, 6) is 0. The number of benzene rings is 3. The lowest BCUT2D eigenvalue weighted by Gasteiger charge is -2.14. The summed E-state index contributed by atoms with van der Waals surface area (Å²) in [5, 5.41) is -3.16. The van der Waals surface area contributed by atoms with Crippen molar-refractivity contribution in [1.29, 1.82) is 0 Å². The van der Waals surface area contributed by atoms with E-state index in [0.717, 1.165) is 0 Å². The topological polar surface area (TPSA) is 78.1 Å². The normalized spacial score (nSPS) is 13.4. The Kier molecular flexibility index (Phi) is 6.46. The van der Waals surface area contributed by atoms with Crippen LogP contribution in [-0.4, -0.2) is 9.13 Å². The van der Waals surface area contributed by atoms with Crippen LogP contribution in [-0.2, 0) is 24.7 Å². The molecule has 3 aromatic carbocycles. The molecule has 5 aromatic rings. The fraction of sp³-hybridized carbons (Fsp3) is 0.154. The molecule has 0 saturated heterocycles. The fourth-order valence-electron chi connectivity index (χ4n) is 4.58. The lowest BCUT2D eigenvalue weighted by Crippen LogP contribution is -2.25. The van der Waals surface area contributed by atoms with E-state index in [9.17, 15) is 71.9 Å². The molecule has 0 atom stereocenters. The SMILES string of the molecule is O=c1c2cc3c(=O)n(-c4cc(C(F)(F)F)cc(C(F)(F)F)c4)c(=O)c3cc2c(=O)n1-c1cc(C(F)(F)F)cc(C(F)(F)F)c1. The lowest BCUT2D eigenvalue weighted by molar-refractivity contribution is -0.144. The molecular formula is C26H8F12N2O4. The van der Waals surface area contributed by atoms with E-state index >= 15 is 0 Å². The molecular weight excluding hydrogens is 632 g/mol. The van der Waals surface area contributed by atoms with Gasteiger partial charge in [-0.25, -0.2) is 9.13 Å². The number of halogens is 12. The van der Waals surface area contributed by atoms with Gasteiger partial charge in [-0.15, -0.1) is 0 Å². The molecule has 2 heterocycles. The molecule has 0 aliphatic heterocycles. The standard InChI is InChI=1S/C26H8F12N2O4/c27-23(28,29)9-1-10(24(30,31)32)4-13(3-9)39-19(41)15-7-17-18(8-16(15)20(39)42)22(44)40(21(17)43)14-5-11(25(33,34)35)2-12(6-14)26(36,37)38/h1-8H. The van der Waals surface area contributed by atoms with Crippen LogP contribution in [0, 0.1) is 0 Å². The number of fused-ring (bicyclic) bond motifs is 2. The smallest absolute Gasteiger partial charge is 0.268 e. The first-order chi connectivity index (χ1) is 20.0. The number of alkyl halides is 12. The predicted molar refractivity (Wildman–Crippen MR) is 128 cm³/mol. The number of rotatable bonds is 2. The molecule has 0 N–H and O–H groups in total. The van der Waals surface area contributed by atoms with Crippen LogP contribution in [0.3, 0.4) is 0 Å². The number of hydrogen-bond acceptors (Lipinski definition) is 4. The third-order valence-corrected chi connectivity index (χ3v) is 6.55. The zero-order valence-corrected chi connectivity index (χ0v) is 20.7. The molecule has 0 spiro atoms. The van der Waals surface area contributed by atoms with Gasteiger partial charge in [-0.2, -0.15) is 52.7 Å². The van der Waals surface area contributed by atoms with Crippen molar-refractivity contribution < 1.29 is 52.7 Å². The van der Waals surface area contributed by atoms with Gasteiger partial charge < -0.3 is 0 Å². The minimum absolute atomic E-state index is 0.0700. The van der Waals surface area contributed by atoms with E-state index in [-0.39, 0.29) is 45.5 Å². The lowest BCUT2D eigenvalue weighted by atomic mass is 10.1. The van der Waals surface area contributed by atoms with Gasteiger partial charge in [-0.1, -0.05) is 0 Å². The Morgan fingerprint density at radius 1 is 0.341 bits per heavy atom. The minimum atomic E-state index is -5.35. The molecule has 0 saturated carbocycles. The second kappa shape index (κ2) is 9.30. The van der Waals surface area contributed by atoms with E-state index in [1.807, 2.05) is 0 Å². The predicted octanol–water partition coefficient (Wildman–Crippen LogP) is 5.97. The van der Waals surface area contributed by atoms with Gasteiger partial charge in [0.1, 0.15) is 0 Å². The molecule has 5 rings (SSSR count). The molecule has 0 fully saturated rings. The molecule has 2 aromatic heterocycles.